The summed E-state index contributed by atoms with van der Waals surface area (Å²) in [6.45, 7) is 3.93. The van der Waals surface area contributed by atoms with E-state index in [0.29, 0.717) is 29.2 Å². The summed E-state index contributed by atoms with van der Waals surface area (Å²) in [7, 11) is 0. The Morgan fingerprint density at radius 2 is 2.17 bits per heavy atom. The molecule has 96 valence electrons. The lowest BCUT2D eigenvalue weighted by molar-refractivity contribution is 0.0489. The van der Waals surface area contributed by atoms with Crippen molar-refractivity contribution in [3.8, 4) is 11.7 Å². The number of rotatable bonds is 4. The van der Waals surface area contributed by atoms with E-state index in [1.54, 1.807) is 19.1 Å². The lowest BCUT2D eigenvalue weighted by Gasteiger charge is -1.98. The largest absolute Gasteiger partial charge is 0.460 e. The number of hydrogen-bond acceptors (Lipinski definition) is 5. The molecule has 0 amide bonds. The van der Waals surface area contributed by atoms with Gasteiger partial charge in [-0.2, -0.15) is 0 Å². The van der Waals surface area contributed by atoms with E-state index in [2.05, 4.69) is 20.9 Å². The Balaban J connectivity index is 2.37. The van der Waals surface area contributed by atoms with Crippen molar-refractivity contribution in [3.63, 3.8) is 0 Å². The molecule has 2 aromatic heterocycles. The van der Waals surface area contributed by atoms with E-state index in [1.165, 1.54) is 0 Å². The van der Waals surface area contributed by atoms with Gasteiger partial charge < -0.3 is 13.6 Å². The van der Waals surface area contributed by atoms with E-state index in [0.717, 1.165) is 0 Å². The van der Waals surface area contributed by atoms with E-state index >= 15 is 0 Å². The maximum atomic E-state index is 11.7. The van der Waals surface area contributed by atoms with Gasteiger partial charge in [-0.3, -0.25) is 0 Å². The van der Waals surface area contributed by atoms with Crippen LogP contribution in [0, 0.1) is 0 Å². The van der Waals surface area contributed by atoms with Crippen molar-refractivity contribution in [2.24, 2.45) is 0 Å². The highest BCUT2D eigenvalue weighted by molar-refractivity contribution is 9.10. The molecule has 2 rings (SSSR count). The maximum Gasteiger partial charge on any atom is 0.376 e. The zero-order valence-electron chi connectivity index (χ0n) is 10.0. The SMILES string of the molecule is CCOC(=O)c1oc(-c2ccc(Br)o2)nc1CC. The fourth-order valence-electron chi connectivity index (χ4n) is 1.48. The molecule has 0 spiro atoms. The van der Waals surface area contributed by atoms with Gasteiger partial charge in [0.2, 0.25) is 5.76 Å². The second-order valence-electron chi connectivity index (χ2n) is 3.47. The van der Waals surface area contributed by atoms with Gasteiger partial charge in [-0.15, -0.1) is 0 Å². The van der Waals surface area contributed by atoms with Crippen LogP contribution in [0.2, 0.25) is 0 Å². The summed E-state index contributed by atoms with van der Waals surface area (Å²) < 4.78 is 16.2. The maximum absolute atomic E-state index is 11.7. The average Bonchev–Trinajstić information content (AvgIpc) is 2.94. The van der Waals surface area contributed by atoms with Gasteiger partial charge in [0.1, 0.15) is 0 Å². The molecule has 0 saturated heterocycles. The molecule has 6 heteroatoms. The quantitative estimate of drug-likeness (QED) is 0.809. The molecule has 2 aromatic rings. The molecule has 0 fully saturated rings. The topological polar surface area (TPSA) is 65.5 Å². The summed E-state index contributed by atoms with van der Waals surface area (Å²) in [4.78, 5) is 15.9. The summed E-state index contributed by atoms with van der Waals surface area (Å²) >= 11 is 3.20. The number of esters is 1. The molecule has 18 heavy (non-hydrogen) atoms. The van der Waals surface area contributed by atoms with E-state index in [-0.39, 0.29) is 11.7 Å². The number of ether oxygens (including phenoxy) is 1. The van der Waals surface area contributed by atoms with Crippen molar-refractivity contribution in [2.45, 2.75) is 20.3 Å². The van der Waals surface area contributed by atoms with Crippen LogP contribution in [0.3, 0.4) is 0 Å². The highest BCUT2D eigenvalue weighted by Crippen LogP contribution is 2.26. The summed E-state index contributed by atoms with van der Waals surface area (Å²) in [6.07, 6.45) is 0.583. The molecular weight excluding hydrogens is 302 g/mol. The van der Waals surface area contributed by atoms with Crippen molar-refractivity contribution in [3.05, 3.63) is 28.3 Å². The average molecular weight is 314 g/mol. The van der Waals surface area contributed by atoms with Crippen LogP contribution in [0.4, 0.5) is 0 Å². The van der Waals surface area contributed by atoms with Gasteiger partial charge >= 0.3 is 5.97 Å². The number of aryl methyl sites for hydroxylation is 1. The number of oxazole rings is 1. The minimum absolute atomic E-state index is 0.141. The molecule has 5 nitrogen and oxygen atoms in total. The van der Waals surface area contributed by atoms with Crippen LogP contribution in [0.1, 0.15) is 30.1 Å². The van der Waals surface area contributed by atoms with E-state index < -0.39 is 5.97 Å². The third kappa shape index (κ3) is 2.48. The van der Waals surface area contributed by atoms with Crippen LogP contribution in [0.25, 0.3) is 11.7 Å². The van der Waals surface area contributed by atoms with Gasteiger partial charge in [0, 0.05) is 0 Å². The summed E-state index contributed by atoms with van der Waals surface area (Å²) in [5.41, 5.74) is 0.566. The van der Waals surface area contributed by atoms with E-state index in [4.69, 9.17) is 13.6 Å². The number of furan rings is 1. The number of carbonyl (C=O) groups is 1. The van der Waals surface area contributed by atoms with Crippen molar-refractivity contribution in [1.82, 2.24) is 4.98 Å². The molecule has 0 aliphatic carbocycles. The summed E-state index contributed by atoms with van der Waals surface area (Å²) in [5, 5.41) is 0. The monoisotopic (exact) mass is 313 g/mol. The van der Waals surface area contributed by atoms with Gasteiger partial charge in [-0.1, -0.05) is 6.92 Å². The van der Waals surface area contributed by atoms with E-state index in [9.17, 15) is 4.79 Å². The molecule has 0 bridgehead atoms. The Kier molecular flexibility index (Phi) is 3.86. The van der Waals surface area contributed by atoms with Gasteiger partial charge in [-0.25, -0.2) is 9.78 Å². The Bertz CT molecular complexity index is 558. The lowest BCUT2D eigenvalue weighted by atomic mass is 10.3. The predicted octanol–water partition coefficient (Wildman–Crippen LogP) is 3.44. The van der Waals surface area contributed by atoms with Crippen molar-refractivity contribution in [1.29, 1.82) is 0 Å². The Labute approximate surface area is 112 Å². The molecule has 0 unspecified atom stereocenters. The molecule has 2 heterocycles. The molecule has 0 aliphatic heterocycles. The summed E-state index contributed by atoms with van der Waals surface area (Å²) in [5.74, 6) is 0.383. The second-order valence-corrected chi connectivity index (χ2v) is 4.25. The molecule has 0 aliphatic rings. The van der Waals surface area contributed by atoms with Crippen molar-refractivity contribution >= 4 is 21.9 Å². The molecule has 0 N–H and O–H groups in total. The minimum Gasteiger partial charge on any atom is -0.460 e. The highest BCUT2D eigenvalue weighted by atomic mass is 79.9. The van der Waals surface area contributed by atoms with Crippen LogP contribution < -0.4 is 0 Å². The zero-order valence-corrected chi connectivity index (χ0v) is 11.6. The van der Waals surface area contributed by atoms with E-state index in [1.807, 2.05) is 6.92 Å². The standard InChI is InChI=1S/C12H12BrNO4/c1-3-7-10(12(15)16-4-2)18-11(14-7)8-5-6-9(13)17-8/h5-6H,3-4H2,1-2H3. The van der Waals surface area contributed by atoms with Crippen LogP contribution in [-0.2, 0) is 11.2 Å². The number of hydrogen-bond donors (Lipinski definition) is 0. The Morgan fingerprint density at radius 3 is 2.72 bits per heavy atom. The summed E-state index contributed by atoms with van der Waals surface area (Å²) in [6, 6.07) is 3.44. The highest BCUT2D eigenvalue weighted by Gasteiger charge is 2.22. The predicted molar refractivity (Wildman–Crippen MR) is 67.2 cm³/mol. The van der Waals surface area contributed by atoms with Gasteiger partial charge in [0.25, 0.3) is 5.89 Å². The fraction of sp³-hybridized carbons (Fsp3) is 0.333. The third-order valence-electron chi connectivity index (χ3n) is 2.28. The third-order valence-corrected chi connectivity index (χ3v) is 2.70. The van der Waals surface area contributed by atoms with Gasteiger partial charge in [0.05, 0.1) is 12.3 Å². The van der Waals surface area contributed by atoms with Crippen LogP contribution in [0.5, 0.6) is 0 Å². The molecule has 0 radical (unpaired) electrons. The number of aromatic nitrogens is 1. The van der Waals surface area contributed by atoms with Crippen molar-refractivity contribution in [2.75, 3.05) is 6.61 Å². The van der Waals surface area contributed by atoms with Crippen molar-refractivity contribution < 1.29 is 18.4 Å². The molecule has 0 saturated carbocycles. The Hall–Kier alpha value is -1.56. The molecule has 0 aromatic carbocycles. The zero-order chi connectivity index (χ0) is 13.1. The first-order valence-corrected chi connectivity index (χ1v) is 6.37. The number of carbonyl (C=O) groups excluding carboxylic acids is 1. The lowest BCUT2D eigenvalue weighted by Crippen LogP contribution is -2.05. The normalized spacial score (nSPS) is 10.6. The van der Waals surface area contributed by atoms with Gasteiger partial charge in [0.15, 0.2) is 10.4 Å². The van der Waals surface area contributed by atoms with Crippen LogP contribution >= 0.6 is 15.9 Å². The van der Waals surface area contributed by atoms with Crippen LogP contribution in [0.15, 0.2) is 25.6 Å². The smallest absolute Gasteiger partial charge is 0.376 e. The number of nitrogens with zero attached hydrogens (tertiary/aromatic N) is 1. The second kappa shape index (κ2) is 5.39. The first-order chi connectivity index (χ1) is 8.65. The fourth-order valence-corrected chi connectivity index (χ4v) is 1.79. The first kappa shape index (κ1) is 12.9. The molecular formula is C12H12BrNO4. The molecule has 0 atom stereocenters. The first-order valence-electron chi connectivity index (χ1n) is 5.58. The number of halogens is 1. The Morgan fingerprint density at radius 1 is 1.39 bits per heavy atom. The van der Waals surface area contributed by atoms with Gasteiger partial charge in [-0.05, 0) is 41.4 Å². The van der Waals surface area contributed by atoms with Crippen LogP contribution in [-0.4, -0.2) is 17.6 Å². The minimum atomic E-state index is -0.501.